The molecule has 3 rings (SSSR count). The Morgan fingerprint density at radius 1 is 1.37 bits per heavy atom. The van der Waals surface area contributed by atoms with Gasteiger partial charge in [-0.3, -0.25) is 4.79 Å². The second-order valence-corrected chi connectivity index (χ2v) is 8.25. The lowest BCUT2D eigenvalue weighted by atomic mass is 9.70. The van der Waals surface area contributed by atoms with Crippen molar-refractivity contribution in [2.75, 3.05) is 6.61 Å². The molecule has 0 spiro atoms. The molecule has 27 heavy (non-hydrogen) atoms. The monoisotopic (exact) mass is 427 g/mol. The van der Waals surface area contributed by atoms with Crippen LogP contribution < -0.4 is 10.5 Å². The predicted molar refractivity (Wildman–Crippen MR) is 101 cm³/mol. The third-order valence-corrected chi connectivity index (χ3v) is 5.14. The zero-order chi connectivity index (χ0) is 19.8. The minimum absolute atomic E-state index is 0.00189. The average molecular weight is 428 g/mol. The molecule has 1 heterocycles. The van der Waals surface area contributed by atoms with Gasteiger partial charge >= 0.3 is 0 Å². The number of carbonyl (C=O) groups excluding carboxylic acids is 1. The number of ketones is 1. The summed E-state index contributed by atoms with van der Waals surface area (Å²) in [4.78, 5) is 13.0. The highest BCUT2D eigenvalue weighted by atomic mass is 79.9. The zero-order valence-electron chi connectivity index (χ0n) is 15.0. The molecule has 0 fully saturated rings. The summed E-state index contributed by atoms with van der Waals surface area (Å²) in [5.41, 5.74) is 7.00. The van der Waals surface area contributed by atoms with E-state index in [1.807, 2.05) is 19.9 Å². The minimum atomic E-state index is -0.687. The Bertz CT molecular complexity index is 964. The zero-order valence-corrected chi connectivity index (χ0v) is 16.6. The Morgan fingerprint density at radius 2 is 2.11 bits per heavy atom. The molecule has 7 heteroatoms. The number of rotatable bonds is 3. The first-order valence-corrected chi connectivity index (χ1v) is 9.19. The maximum absolute atomic E-state index is 13.0. The van der Waals surface area contributed by atoms with E-state index >= 15 is 0 Å². The lowest BCUT2D eigenvalue weighted by Gasteiger charge is -2.37. The smallest absolute Gasteiger partial charge is 0.205 e. The van der Waals surface area contributed by atoms with E-state index in [9.17, 15) is 10.1 Å². The molecule has 2 aliphatic rings. The largest absolute Gasteiger partial charge is 0.478 e. The van der Waals surface area contributed by atoms with Crippen molar-refractivity contribution in [3.63, 3.8) is 0 Å². The number of hydrogen-bond acceptors (Lipinski definition) is 6. The van der Waals surface area contributed by atoms with Gasteiger partial charge in [-0.1, -0.05) is 29.8 Å². The summed E-state index contributed by atoms with van der Waals surface area (Å²) in [6.45, 7) is 3.84. The molecule has 2 N–H and O–H groups in total. The van der Waals surface area contributed by atoms with Gasteiger partial charge in [-0.25, -0.2) is 0 Å². The van der Waals surface area contributed by atoms with Crippen LogP contribution in [0.1, 0.15) is 38.2 Å². The van der Waals surface area contributed by atoms with Gasteiger partial charge in [-0.05, 0) is 23.6 Å². The molecule has 1 unspecified atom stereocenters. The molecular weight excluding hydrogens is 410 g/mol. The topological polar surface area (TPSA) is 109 Å². The van der Waals surface area contributed by atoms with E-state index in [4.69, 9.17) is 20.5 Å². The molecular formula is C20H18BrN3O3. The second-order valence-electron chi connectivity index (χ2n) is 7.33. The van der Waals surface area contributed by atoms with Crippen LogP contribution in [0, 0.1) is 28.1 Å². The lowest BCUT2D eigenvalue weighted by Crippen LogP contribution is -2.33. The van der Waals surface area contributed by atoms with Crippen LogP contribution >= 0.6 is 15.9 Å². The lowest BCUT2D eigenvalue weighted by molar-refractivity contribution is -0.119. The van der Waals surface area contributed by atoms with Crippen LogP contribution in [0.25, 0.3) is 0 Å². The van der Waals surface area contributed by atoms with Gasteiger partial charge in [0, 0.05) is 28.5 Å². The summed E-state index contributed by atoms with van der Waals surface area (Å²) in [5.74, 6) is 0.171. The summed E-state index contributed by atoms with van der Waals surface area (Å²) in [6.07, 6.45) is 0.902. The number of nitrogens with two attached hydrogens (primary N) is 1. The summed E-state index contributed by atoms with van der Waals surface area (Å²) < 4.78 is 12.0. The van der Waals surface area contributed by atoms with Crippen LogP contribution in [0.3, 0.4) is 0 Å². The third-order valence-electron chi connectivity index (χ3n) is 4.65. The molecule has 138 valence electrons. The normalized spacial score (nSPS) is 21.1. The molecule has 0 bridgehead atoms. The number of ether oxygens (including phenoxy) is 2. The number of Topliss-reactive ketones (excluding diaryl/α,β-unsaturated/α-hetero) is 1. The van der Waals surface area contributed by atoms with Crippen molar-refractivity contribution < 1.29 is 14.3 Å². The quantitative estimate of drug-likeness (QED) is 0.785. The van der Waals surface area contributed by atoms with E-state index in [0.717, 1.165) is 4.47 Å². The molecule has 1 aliphatic carbocycles. The SMILES string of the molecule is CC1(C)CC(=O)C2=C(C1)OC(N)=C(C#N)C2c1cc(Br)ccc1OCC#N. The highest BCUT2D eigenvalue weighted by Crippen LogP contribution is 2.49. The highest BCUT2D eigenvalue weighted by molar-refractivity contribution is 9.10. The van der Waals surface area contributed by atoms with E-state index in [0.29, 0.717) is 35.5 Å². The van der Waals surface area contributed by atoms with E-state index in [1.165, 1.54) is 0 Å². The standard InChI is InChI=1S/C20H18BrN3O3/c1-20(2)8-14(25)18-16(9-20)27-19(24)13(10-23)17(18)12-7-11(21)3-4-15(12)26-6-5-22/h3-4,7,17H,6,8-9,24H2,1-2H3. The second kappa shape index (κ2) is 7.09. The van der Waals surface area contributed by atoms with E-state index in [-0.39, 0.29) is 29.3 Å². The Labute approximate surface area is 166 Å². The molecule has 0 amide bonds. The number of nitriles is 2. The summed E-state index contributed by atoms with van der Waals surface area (Å²) in [6, 6.07) is 9.28. The van der Waals surface area contributed by atoms with Gasteiger partial charge in [0.1, 0.15) is 29.2 Å². The van der Waals surface area contributed by atoms with E-state index in [1.54, 1.807) is 18.2 Å². The fourth-order valence-electron chi connectivity index (χ4n) is 3.58. The summed E-state index contributed by atoms with van der Waals surface area (Å²) in [7, 11) is 0. The van der Waals surface area contributed by atoms with Crippen molar-refractivity contribution in [1.82, 2.24) is 0 Å². The first kappa shape index (κ1) is 19.0. The molecule has 1 aromatic carbocycles. The average Bonchev–Trinajstić information content (AvgIpc) is 2.58. The maximum Gasteiger partial charge on any atom is 0.205 e. The van der Waals surface area contributed by atoms with Crippen molar-refractivity contribution in [3.05, 3.63) is 51.0 Å². The van der Waals surface area contributed by atoms with Gasteiger partial charge in [0.15, 0.2) is 12.4 Å². The summed E-state index contributed by atoms with van der Waals surface area (Å²) in [5, 5.41) is 18.6. The molecule has 1 atom stereocenters. The Morgan fingerprint density at radius 3 is 2.78 bits per heavy atom. The van der Waals surface area contributed by atoms with Crippen molar-refractivity contribution in [2.45, 2.75) is 32.6 Å². The molecule has 6 nitrogen and oxygen atoms in total. The molecule has 1 aliphatic heterocycles. The van der Waals surface area contributed by atoms with Gasteiger partial charge in [0.05, 0.1) is 5.92 Å². The maximum atomic E-state index is 13.0. The van der Waals surface area contributed by atoms with Gasteiger partial charge in [-0.15, -0.1) is 0 Å². The number of benzene rings is 1. The number of nitrogens with zero attached hydrogens (tertiary/aromatic N) is 2. The van der Waals surface area contributed by atoms with Crippen LogP contribution in [-0.2, 0) is 9.53 Å². The van der Waals surface area contributed by atoms with Crippen LogP contribution in [0.2, 0.25) is 0 Å². The molecule has 0 radical (unpaired) electrons. The Hall–Kier alpha value is -2.77. The Balaban J connectivity index is 2.22. The van der Waals surface area contributed by atoms with Gasteiger partial charge < -0.3 is 15.2 Å². The van der Waals surface area contributed by atoms with Crippen molar-refractivity contribution in [2.24, 2.45) is 11.1 Å². The fourth-order valence-corrected chi connectivity index (χ4v) is 3.96. The molecule has 1 aromatic rings. The number of hydrogen-bond donors (Lipinski definition) is 1. The number of halogens is 1. The minimum Gasteiger partial charge on any atom is -0.478 e. The van der Waals surface area contributed by atoms with Gasteiger partial charge in [0.25, 0.3) is 0 Å². The van der Waals surface area contributed by atoms with Crippen LogP contribution in [0.5, 0.6) is 5.75 Å². The first-order valence-electron chi connectivity index (χ1n) is 8.40. The fraction of sp³-hybridized carbons (Fsp3) is 0.350. The molecule has 0 saturated carbocycles. The van der Waals surface area contributed by atoms with Crippen molar-refractivity contribution in [3.8, 4) is 17.9 Å². The Kier molecular flexibility index (Phi) is 4.99. The predicted octanol–water partition coefficient (Wildman–Crippen LogP) is 3.80. The first-order chi connectivity index (χ1) is 12.8. The van der Waals surface area contributed by atoms with Crippen LogP contribution in [0.15, 0.2) is 45.5 Å². The van der Waals surface area contributed by atoms with Gasteiger partial charge in [-0.2, -0.15) is 10.5 Å². The molecule has 0 saturated heterocycles. The summed E-state index contributed by atoms with van der Waals surface area (Å²) >= 11 is 3.43. The van der Waals surface area contributed by atoms with E-state index in [2.05, 4.69) is 22.0 Å². The number of carbonyl (C=O) groups is 1. The van der Waals surface area contributed by atoms with Crippen molar-refractivity contribution >= 4 is 21.7 Å². The van der Waals surface area contributed by atoms with Crippen LogP contribution in [0.4, 0.5) is 0 Å². The van der Waals surface area contributed by atoms with Crippen molar-refractivity contribution in [1.29, 1.82) is 10.5 Å². The van der Waals surface area contributed by atoms with E-state index < -0.39 is 5.92 Å². The third kappa shape index (κ3) is 3.56. The van der Waals surface area contributed by atoms with Gasteiger partial charge in [0.2, 0.25) is 5.88 Å². The number of allylic oxidation sites excluding steroid dienone is 3. The molecule has 0 aromatic heterocycles. The highest BCUT2D eigenvalue weighted by Gasteiger charge is 2.43. The van der Waals surface area contributed by atoms with Crippen LogP contribution in [-0.4, -0.2) is 12.4 Å².